The van der Waals surface area contributed by atoms with E-state index in [0.29, 0.717) is 11.4 Å². The van der Waals surface area contributed by atoms with Gasteiger partial charge in [-0.1, -0.05) is 12.1 Å². The summed E-state index contributed by atoms with van der Waals surface area (Å²) in [6, 6.07) is 4.68. The van der Waals surface area contributed by atoms with Crippen molar-refractivity contribution in [1.29, 1.82) is 0 Å². The molecule has 0 fully saturated rings. The zero-order valence-corrected chi connectivity index (χ0v) is 11.4. The van der Waals surface area contributed by atoms with Crippen molar-refractivity contribution in [1.82, 2.24) is 15.0 Å². The lowest BCUT2D eigenvalue weighted by atomic mass is 10.1. The average molecular weight is 297 g/mol. The van der Waals surface area contributed by atoms with Gasteiger partial charge >= 0.3 is 6.18 Å². The Morgan fingerprint density at radius 2 is 1.90 bits per heavy atom. The molecule has 0 saturated carbocycles. The van der Waals surface area contributed by atoms with Gasteiger partial charge in [0.25, 0.3) is 0 Å². The molecular weight excluding hydrogens is 283 g/mol. The summed E-state index contributed by atoms with van der Waals surface area (Å²) in [5, 5.41) is 2.91. The number of alkyl halides is 3. The van der Waals surface area contributed by atoms with E-state index in [0.717, 1.165) is 12.1 Å². The minimum atomic E-state index is -4.37. The molecule has 1 unspecified atom stereocenters. The summed E-state index contributed by atoms with van der Waals surface area (Å²) >= 11 is 0. The van der Waals surface area contributed by atoms with Crippen LogP contribution < -0.4 is 11.1 Å². The molecule has 0 amide bonds. The summed E-state index contributed by atoms with van der Waals surface area (Å²) in [4.78, 5) is 11.8. The fourth-order valence-corrected chi connectivity index (χ4v) is 1.83. The molecule has 1 atom stereocenters. The second-order valence-corrected chi connectivity index (χ2v) is 4.55. The predicted octanol–water partition coefficient (Wildman–Crippen LogP) is 2.95. The zero-order chi connectivity index (χ0) is 15.6. The average Bonchev–Trinajstić information content (AvgIpc) is 2.36. The Hall–Kier alpha value is -2.38. The first-order valence-corrected chi connectivity index (χ1v) is 6.17. The van der Waals surface area contributed by atoms with Crippen molar-refractivity contribution in [3.8, 4) is 0 Å². The van der Waals surface area contributed by atoms with Gasteiger partial charge in [-0.25, -0.2) is 0 Å². The largest absolute Gasteiger partial charge is 0.416 e. The van der Waals surface area contributed by atoms with Crippen LogP contribution in [0.4, 0.5) is 25.1 Å². The van der Waals surface area contributed by atoms with Gasteiger partial charge in [-0.05, 0) is 31.5 Å². The number of aryl methyl sites for hydroxylation is 1. The van der Waals surface area contributed by atoms with Crippen LogP contribution in [0.15, 0.2) is 24.3 Å². The van der Waals surface area contributed by atoms with Crippen molar-refractivity contribution in [2.45, 2.75) is 26.1 Å². The van der Waals surface area contributed by atoms with E-state index < -0.39 is 17.8 Å². The van der Waals surface area contributed by atoms with Gasteiger partial charge in [0, 0.05) is 0 Å². The van der Waals surface area contributed by atoms with E-state index in [-0.39, 0.29) is 11.9 Å². The van der Waals surface area contributed by atoms with Gasteiger partial charge in [-0.15, -0.1) is 0 Å². The highest BCUT2D eigenvalue weighted by atomic mass is 19.4. The Labute approximate surface area is 119 Å². The predicted molar refractivity (Wildman–Crippen MR) is 72.5 cm³/mol. The lowest BCUT2D eigenvalue weighted by Crippen LogP contribution is -2.13. The van der Waals surface area contributed by atoms with Crippen molar-refractivity contribution in [3.05, 3.63) is 41.2 Å². The molecule has 1 aromatic heterocycles. The van der Waals surface area contributed by atoms with E-state index >= 15 is 0 Å². The molecule has 0 aliphatic carbocycles. The highest BCUT2D eigenvalue weighted by Crippen LogP contribution is 2.31. The molecule has 0 aliphatic rings. The van der Waals surface area contributed by atoms with E-state index in [4.69, 9.17) is 5.73 Å². The van der Waals surface area contributed by atoms with Crippen LogP contribution in [0.1, 0.15) is 29.9 Å². The van der Waals surface area contributed by atoms with Crippen molar-refractivity contribution >= 4 is 11.9 Å². The summed E-state index contributed by atoms with van der Waals surface area (Å²) in [6.45, 7) is 3.36. The van der Waals surface area contributed by atoms with Crippen LogP contribution >= 0.6 is 0 Å². The minimum absolute atomic E-state index is 0.0567. The Bertz CT molecular complexity index is 622. The number of anilines is 2. The molecule has 2 aromatic rings. The number of halogens is 3. The second kappa shape index (κ2) is 5.55. The molecule has 0 aliphatic heterocycles. The first kappa shape index (κ1) is 15.0. The third-order valence-corrected chi connectivity index (χ3v) is 2.82. The zero-order valence-electron chi connectivity index (χ0n) is 11.4. The molecule has 8 heteroatoms. The van der Waals surface area contributed by atoms with Crippen LogP contribution in [0, 0.1) is 6.92 Å². The fraction of sp³-hybridized carbons (Fsp3) is 0.308. The van der Waals surface area contributed by atoms with Crippen molar-refractivity contribution in [3.63, 3.8) is 0 Å². The van der Waals surface area contributed by atoms with Crippen molar-refractivity contribution in [2.75, 3.05) is 11.1 Å². The van der Waals surface area contributed by atoms with Gasteiger partial charge in [-0.3, -0.25) is 0 Å². The molecule has 112 valence electrons. The Morgan fingerprint density at radius 3 is 2.52 bits per heavy atom. The first-order valence-electron chi connectivity index (χ1n) is 6.17. The molecule has 0 radical (unpaired) electrons. The molecule has 1 aromatic carbocycles. The maximum Gasteiger partial charge on any atom is 0.416 e. The lowest BCUT2D eigenvalue weighted by molar-refractivity contribution is -0.137. The molecule has 0 bridgehead atoms. The van der Waals surface area contributed by atoms with E-state index in [1.54, 1.807) is 19.9 Å². The number of nitrogens with zero attached hydrogens (tertiary/aromatic N) is 3. The number of benzene rings is 1. The highest BCUT2D eigenvalue weighted by Gasteiger charge is 2.30. The topological polar surface area (TPSA) is 76.7 Å². The molecule has 3 N–H and O–H groups in total. The molecular formula is C13H14F3N5. The third-order valence-electron chi connectivity index (χ3n) is 2.82. The number of nitrogens with one attached hydrogen (secondary N) is 1. The maximum atomic E-state index is 12.7. The van der Waals surface area contributed by atoms with Gasteiger partial charge in [-0.2, -0.15) is 28.1 Å². The number of nitrogen functional groups attached to an aromatic ring is 1. The number of hydrogen-bond donors (Lipinski definition) is 2. The monoisotopic (exact) mass is 297 g/mol. The van der Waals surface area contributed by atoms with Crippen LogP contribution in [-0.2, 0) is 6.18 Å². The maximum absolute atomic E-state index is 12.7. The molecule has 0 spiro atoms. The Balaban J connectivity index is 2.22. The van der Waals surface area contributed by atoms with Crippen LogP contribution in [0.3, 0.4) is 0 Å². The summed E-state index contributed by atoms with van der Waals surface area (Å²) in [6.07, 6.45) is -4.37. The number of aromatic nitrogens is 3. The normalized spacial score (nSPS) is 13.0. The number of hydrogen-bond acceptors (Lipinski definition) is 5. The number of rotatable bonds is 3. The standard InChI is InChI=1S/C13H14F3N5/c1-7(18-12-20-8(2)19-11(17)21-12)9-4-3-5-10(6-9)13(14,15)16/h3-7H,1-2H3,(H3,17,18,19,20,21). The quantitative estimate of drug-likeness (QED) is 0.911. The summed E-state index contributed by atoms with van der Waals surface area (Å²) in [5.41, 5.74) is 5.28. The Morgan fingerprint density at radius 1 is 1.19 bits per heavy atom. The molecule has 21 heavy (non-hydrogen) atoms. The van der Waals surface area contributed by atoms with Gasteiger partial charge in [0.2, 0.25) is 11.9 Å². The Kier molecular flexibility index (Phi) is 3.97. The third kappa shape index (κ3) is 3.80. The van der Waals surface area contributed by atoms with Crippen LogP contribution in [0.2, 0.25) is 0 Å². The number of nitrogens with two attached hydrogens (primary N) is 1. The highest BCUT2D eigenvalue weighted by molar-refractivity contribution is 5.36. The summed E-state index contributed by atoms with van der Waals surface area (Å²) in [7, 11) is 0. The van der Waals surface area contributed by atoms with Gasteiger partial charge in [0.05, 0.1) is 11.6 Å². The summed E-state index contributed by atoms with van der Waals surface area (Å²) < 4.78 is 38.1. The van der Waals surface area contributed by atoms with E-state index in [1.807, 2.05) is 0 Å². The van der Waals surface area contributed by atoms with Crippen molar-refractivity contribution < 1.29 is 13.2 Å². The van der Waals surface area contributed by atoms with Gasteiger partial charge < -0.3 is 11.1 Å². The SMILES string of the molecule is Cc1nc(N)nc(NC(C)c2cccc(C(F)(F)F)c2)n1. The second-order valence-electron chi connectivity index (χ2n) is 4.55. The van der Waals surface area contributed by atoms with Crippen LogP contribution in [-0.4, -0.2) is 15.0 Å². The summed E-state index contributed by atoms with van der Waals surface area (Å²) in [5.74, 6) is 0.715. The van der Waals surface area contributed by atoms with Crippen LogP contribution in [0.5, 0.6) is 0 Å². The fourth-order valence-electron chi connectivity index (χ4n) is 1.83. The molecule has 1 heterocycles. The van der Waals surface area contributed by atoms with E-state index in [1.165, 1.54) is 6.07 Å². The molecule has 0 saturated heterocycles. The smallest absolute Gasteiger partial charge is 0.368 e. The minimum Gasteiger partial charge on any atom is -0.368 e. The van der Waals surface area contributed by atoms with Crippen LogP contribution in [0.25, 0.3) is 0 Å². The first-order chi connectivity index (χ1) is 9.75. The molecule has 5 nitrogen and oxygen atoms in total. The van der Waals surface area contributed by atoms with Gasteiger partial charge in [0.15, 0.2) is 0 Å². The van der Waals surface area contributed by atoms with Crippen molar-refractivity contribution in [2.24, 2.45) is 0 Å². The van der Waals surface area contributed by atoms with E-state index in [9.17, 15) is 13.2 Å². The van der Waals surface area contributed by atoms with Gasteiger partial charge in [0.1, 0.15) is 5.82 Å². The van der Waals surface area contributed by atoms with E-state index in [2.05, 4.69) is 20.3 Å². The molecule has 2 rings (SSSR count). The lowest BCUT2D eigenvalue weighted by Gasteiger charge is -2.16.